The molecule has 0 aliphatic heterocycles. The summed E-state index contributed by atoms with van der Waals surface area (Å²) in [6.45, 7) is 4.55. The Morgan fingerprint density at radius 3 is 2.41 bits per heavy atom. The summed E-state index contributed by atoms with van der Waals surface area (Å²) in [6.07, 6.45) is 1.68. The summed E-state index contributed by atoms with van der Waals surface area (Å²) >= 11 is 5.95. The van der Waals surface area contributed by atoms with E-state index in [4.69, 9.17) is 16.3 Å². The molecular weight excluding hydrogens is 482 g/mol. The van der Waals surface area contributed by atoms with Crippen molar-refractivity contribution in [2.75, 3.05) is 0 Å². The Morgan fingerprint density at radius 2 is 1.65 bits per heavy atom. The third-order valence-electron chi connectivity index (χ3n) is 6.27. The van der Waals surface area contributed by atoms with Crippen LogP contribution < -0.4 is 10.2 Å². The third kappa shape index (κ3) is 5.57. The molecule has 37 heavy (non-hydrogen) atoms. The number of fused-ring (bicyclic) bond motifs is 1. The lowest BCUT2D eigenvalue weighted by Gasteiger charge is -2.11. The minimum atomic E-state index is -0.245. The summed E-state index contributed by atoms with van der Waals surface area (Å²) in [4.78, 5) is 12.6. The van der Waals surface area contributed by atoms with Crippen LogP contribution in [0, 0.1) is 13.8 Å². The molecule has 5 aromatic rings. The number of hydrazone groups is 1. The van der Waals surface area contributed by atoms with E-state index in [1.165, 1.54) is 0 Å². The fraction of sp³-hybridized carbons (Fsp3) is 0.0968. The van der Waals surface area contributed by atoms with E-state index in [1.807, 2.05) is 111 Å². The summed E-state index contributed by atoms with van der Waals surface area (Å²) in [6, 6.07) is 31.2. The Labute approximate surface area is 221 Å². The molecule has 0 saturated carbocycles. The molecule has 0 spiro atoms. The summed E-state index contributed by atoms with van der Waals surface area (Å²) in [5, 5.41) is 7.04. The Kier molecular flexibility index (Phi) is 7.06. The van der Waals surface area contributed by atoms with Crippen LogP contribution in [0.5, 0.6) is 5.75 Å². The molecule has 5 nitrogen and oxygen atoms in total. The molecule has 0 bridgehead atoms. The molecule has 4 aromatic carbocycles. The molecule has 0 fully saturated rings. The van der Waals surface area contributed by atoms with Gasteiger partial charge in [-0.25, -0.2) is 5.43 Å². The van der Waals surface area contributed by atoms with Crippen molar-refractivity contribution in [2.24, 2.45) is 5.10 Å². The molecule has 1 heterocycles. The van der Waals surface area contributed by atoms with E-state index in [9.17, 15) is 4.79 Å². The lowest BCUT2D eigenvalue weighted by molar-refractivity contribution is 0.0955. The lowest BCUT2D eigenvalue weighted by Crippen LogP contribution is -2.17. The quantitative estimate of drug-likeness (QED) is 0.186. The van der Waals surface area contributed by atoms with E-state index >= 15 is 0 Å². The first kappa shape index (κ1) is 24.3. The fourth-order valence-corrected chi connectivity index (χ4v) is 4.44. The van der Waals surface area contributed by atoms with Crippen molar-refractivity contribution in [3.63, 3.8) is 0 Å². The number of nitrogens with one attached hydrogen (secondary N) is 1. The van der Waals surface area contributed by atoms with Crippen LogP contribution >= 0.6 is 11.6 Å². The van der Waals surface area contributed by atoms with Crippen LogP contribution in [0.3, 0.4) is 0 Å². The van der Waals surface area contributed by atoms with Crippen LogP contribution in [0.1, 0.15) is 32.9 Å². The predicted molar refractivity (Wildman–Crippen MR) is 150 cm³/mol. The highest BCUT2D eigenvalue weighted by molar-refractivity contribution is 6.30. The largest absolute Gasteiger partial charge is 0.489 e. The number of carbonyl (C=O) groups is 1. The number of rotatable bonds is 7. The van der Waals surface area contributed by atoms with Gasteiger partial charge in [0.25, 0.3) is 5.91 Å². The summed E-state index contributed by atoms with van der Waals surface area (Å²) in [5.74, 6) is 0.546. The van der Waals surface area contributed by atoms with Crippen molar-refractivity contribution in [1.82, 2.24) is 9.99 Å². The minimum Gasteiger partial charge on any atom is -0.489 e. The second kappa shape index (κ2) is 10.7. The van der Waals surface area contributed by atoms with E-state index in [0.29, 0.717) is 17.2 Å². The molecule has 0 atom stereocenters. The SMILES string of the molecule is Cc1cc(/C=N/NC(=O)c2ccc3ccccc3c2)c(C)n1-c1ccc(OCc2ccc(Cl)cc2)cc1. The van der Waals surface area contributed by atoms with Crippen molar-refractivity contribution in [3.05, 3.63) is 130 Å². The third-order valence-corrected chi connectivity index (χ3v) is 6.52. The number of hydrogen-bond donors (Lipinski definition) is 1. The number of ether oxygens (including phenoxy) is 1. The van der Waals surface area contributed by atoms with Gasteiger partial charge in [-0.05, 0) is 84.8 Å². The van der Waals surface area contributed by atoms with Gasteiger partial charge < -0.3 is 9.30 Å². The minimum absolute atomic E-state index is 0.245. The molecule has 0 unspecified atom stereocenters. The summed E-state index contributed by atoms with van der Waals surface area (Å²) in [7, 11) is 0. The first-order valence-corrected chi connectivity index (χ1v) is 12.3. The van der Waals surface area contributed by atoms with Gasteiger partial charge in [-0.2, -0.15) is 5.10 Å². The molecular formula is C31H26ClN3O2. The van der Waals surface area contributed by atoms with Crippen molar-refractivity contribution in [3.8, 4) is 11.4 Å². The first-order chi connectivity index (χ1) is 18.0. The van der Waals surface area contributed by atoms with Gasteiger partial charge in [0.15, 0.2) is 0 Å². The number of hydrogen-bond acceptors (Lipinski definition) is 3. The van der Waals surface area contributed by atoms with Gasteiger partial charge in [0.05, 0.1) is 6.21 Å². The number of aryl methyl sites for hydroxylation is 1. The van der Waals surface area contributed by atoms with Crippen molar-refractivity contribution < 1.29 is 9.53 Å². The molecule has 0 radical (unpaired) electrons. The van der Waals surface area contributed by atoms with Crippen LogP contribution in [0.25, 0.3) is 16.5 Å². The van der Waals surface area contributed by atoms with Gasteiger partial charge in [0.1, 0.15) is 12.4 Å². The number of nitrogens with zero attached hydrogens (tertiary/aromatic N) is 2. The standard InChI is InChI=1S/C31H26ClN3O2/c1-21-17-27(19-33-34-31(36)26-10-9-24-5-3-4-6-25(24)18-26)22(2)35(21)29-13-15-30(16-14-29)37-20-23-7-11-28(32)12-8-23/h3-19H,20H2,1-2H3,(H,34,36)/b33-19+. The van der Waals surface area contributed by atoms with Gasteiger partial charge in [0.2, 0.25) is 0 Å². The zero-order valence-electron chi connectivity index (χ0n) is 20.6. The monoisotopic (exact) mass is 507 g/mol. The fourth-order valence-electron chi connectivity index (χ4n) is 4.31. The average Bonchev–Trinajstić information content (AvgIpc) is 3.20. The van der Waals surface area contributed by atoms with Crippen molar-refractivity contribution in [1.29, 1.82) is 0 Å². The predicted octanol–water partition coefficient (Wildman–Crippen LogP) is 7.24. The van der Waals surface area contributed by atoms with Gasteiger partial charge >= 0.3 is 0 Å². The first-order valence-electron chi connectivity index (χ1n) is 12.0. The number of carbonyl (C=O) groups excluding carboxylic acids is 1. The van der Waals surface area contributed by atoms with E-state index in [1.54, 1.807) is 6.21 Å². The van der Waals surface area contributed by atoms with E-state index < -0.39 is 0 Å². The van der Waals surface area contributed by atoms with E-state index in [-0.39, 0.29) is 5.91 Å². The Morgan fingerprint density at radius 1 is 0.919 bits per heavy atom. The maximum Gasteiger partial charge on any atom is 0.271 e. The number of halogens is 1. The summed E-state index contributed by atoms with van der Waals surface area (Å²) in [5.41, 5.74) is 8.31. The normalized spacial score (nSPS) is 11.2. The second-order valence-corrected chi connectivity index (χ2v) is 9.27. The molecule has 0 aliphatic rings. The molecule has 1 amide bonds. The molecule has 1 aromatic heterocycles. The molecule has 1 N–H and O–H groups in total. The highest BCUT2D eigenvalue weighted by atomic mass is 35.5. The highest BCUT2D eigenvalue weighted by Gasteiger charge is 2.10. The van der Waals surface area contributed by atoms with Gasteiger partial charge in [-0.15, -0.1) is 0 Å². The number of aromatic nitrogens is 1. The van der Waals surface area contributed by atoms with Gasteiger partial charge in [-0.1, -0.05) is 54.1 Å². The molecule has 0 aliphatic carbocycles. The Bertz CT molecular complexity index is 1590. The number of amides is 1. The lowest BCUT2D eigenvalue weighted by atomic mass is 10.1. The van der Waals surface area contributed by atoms with Crippen LogP contribution in [-0.2, 0) is 6.61 Å². The molecule has 6 heteroatoms. The zero-order chi connectivity index (χ0) is 25.8. The Balaban J connectivity index is 1.25. The van der Waals surface area contributed by atoms with Crippen LogP contribution in [-0.4, -0.2) is 16.7 Å². The van der Waals surface area contributed by atoms with Crippen molar-refractivity contribution >= 4 is 34.5 Å². The zero-order valence-corrected chi connectivity index (χ0v) is 21.4. The van der Waals surface area contributed by atoms with Crippen molar-refractivity contribution in [2.45, 2.75) is 20.5 Å². The average molecular weight is 508 g/mol. The topological polar surface area (TPSA) is 55.6 Å². The Hall–Kier alpha value is -4.35. The van der Waals surface area contributed by atoms with Crippen LogP contribution in [0.4, 0.5) is 0 Å². The summed E-state index contributed by atoms with van der Waals surface area (Å²) < 4.78 is 8.06. The maximum atomic E-state index is 12.6. The smallest absolute Gasteiger partial charge is 0.271 e. The van der Waals surface area contributed by atoms with E-state index in [2.05, 4.69) is 15.1 Å². The van der Waals surface area contributed by atoms with Crippen LogP contribution in [0.15, 0.2) is 102 Å². The molecule has 5 rings (SSSR count). The highest BCUT2D eigenvalue weighted by Crippen LogP contribution is 2.23. The molecule has 0 saturated heterocycles. The second-order valence-electron chi connectivity index (χ2n) is 8.83. The van der Waals surface area contributed by atoms with Gasteiger partial charge in [-0.3, -0.25) is 4.79 Å². The van der Waals surface area contributed by atoms with Gasteiger partial charge in [0, 0.05) is 33.2 Å². The molecule has 184 valence electrons. The number of benzene rings is 4. The maximum absolute atomic E-state index is 12.6. The van der Waals surface area contributed by atoms with Crippen LogP contribution in [0.2, 0.25) is 5.02 Å². The van der Waals surface area contributed by atoms with E-state index in [0.717, 1.165) is 44.7 Å².